The number of carbonyl (C=O) groups is 1. The lowest BCUT2D eigenvalue weighted by atomic mass is 9.99. The normalized spacial score (nSPS) is 18.5. The summed E-state index contributed by atoms with van der Waals surface area (Å²) in [6.45, 7) is 6.29. The number of amides is 2. The molecule has 2 aromatic rings. The summed E-state index contributed by atoms with van der Waals surface area (Å²) in [7, 11) is 0. The van der Waals surface area contributed by atoms with Crippen LogP contribution in [0.3, 0.4) is 0 Å². The van der Waals surface area contributed by atoms with Crippen LogP contribution in [0.15, 0.2) is 48.8 Å². The second-order valence-electron chi connectivity index (χ2n) is 8.14. The lowest BCUT2D eigenvalue weighted by Gasteiger charge is -2.41. The number of likely N-dealkylation sites (tertiary alicyclic amines) is 2. The first kappa shape index (κ1) is 21.4. The van der Waals surface area contributed by atoms with Gasteiger partial charge in [-0.25, -0.2) is 4.79 Å². The number of rotatable bonds is 6. The van der Waals surface area contributed by atoms with E-state index in [0.717, 1.165) is 69.0 Å². The number of aromatic nitrogens is 1. The molecule has 2 amide bonds. The molecule has 7 heteroatoms. The minimum Gasteiger partial charge on any atom is -0.494 e. The second kappa shape index (κ2) is 10.5. The topological polar surface area (TPSA) is 66.9 Å². The van der Waals surface area contributed by atoms with Crippen LogP contribution in [-0.2, 0) is 0 Å². The van der Waals surface area contributed by atoms with Crippen LogP contribution in [0.2, 0.25) is 0 Å². The molecular weight excluding hydrogens is 392 g/mol. The van der Waals surface area contributed by atoms with Gasteiger partial charge in [0, 0.05) is 50.3 Å². The molecule has 0 radical (unpaired) electrons. The molecule has 1 aromatic heterocycles. The predicted octanol–water partition coefficient (Wildman–Crippen LogP) is 4.02. The van der Waals surface area contributed by atoms with E-state index in [0.29, 0.717) is 12.6 Å². The first-order valence-electron chi connectivity index (χ1n) is 11.3. The molecule has 0 saturated carbocycles. The molecule has 7 nitrogen and oxygen atoms in total. The van der Waals surface area contributed by atoms with Crippen molar-refractivity contribution < 1.29 is 14.3 Å². The zero-order valence-corrected chi connectivity index (χ0v) is 18.2. The van der Waals surface area contributed by atoms with Crippen molar-refractivity contribution in [3.8, 4) is 11.5 Å². The van der Waals surface area contributed by atoms with Gasteiger partial charge in [0.05, 0.1) is 6.61 Å². The van der Waals surface area contributed by atoms with Gasteiger partial charge in [-0.2, -0.15) is 0 Å². The molecule has 0 atom stereocenters. The Bertz CT molecular complexity index is 814. The van der Waals surface area contributed by atoms with Gasteiger partial charge in [0.25, 0.3) is 0 Å². The minimum atomic E-state index is -0.0212. The first-order valence-corrected chi connectivity index (χ1v) is 11.3. The van der Waals surface area contributed by atoms with Crippen LogP contribution in [0.1, 0.15) is 32.6 Å². The number of ether oxygens (including phenoxy) is 2. The van der Waals surface area contributed by atoms with Gasteiger partial charge in [-0.1, -0.05) is 0 Å². The molecule has 2 aliphatic heterocycles. The molecule has 2 saturated heterocycles. The van der Waals surface area contributed by atoms with Gasteiger partial charge < -0.3 is 19.7 Å². The molecule has 1 aromatic carbocycles. The maximum absolute atomic E-state index is 12.6. The third-order valence-corrected chi connectivity index (χ3v) is 6.11. The smallest absolute Gasteiger partial charge is 0.321 e. The fourth-order valence-corrected chi connectivity index (χ4v) is 4.41. The predicted molar refractivity (Wildman–Crippen MR) is 121 cm³/mol. The average Bonchev–Trinajstić information content (AvgIpc) is 2.82. The van der Waals surface area contributed by atoms with E-state index in [4.69, 9.17) is 9.47 Å². The van der Waals surface area contributed by atoms with E-state index in [9.17, 15) is 4.79 Å². The van der Waals surface area contributed by atoms with Crippen LogP contribution in [0.4, 0.5) is 10.5 Å². The van der Waals surface area contributed by atoms with E-state index in [1.807, 2.05) is 48.2 Å². The number of urea groups is 1. The molecule has 3 heterocycles. The lowest BCUT2D eigenvalue weighted by molar-refractivity contribution is 0.0545. The fraction of sp³-hybridized carbons (Fsp3) is 0.500. The number of anilines is 1. The van der Waals surface area contributed by atoms with Gasteiger partial charge in [-0.15, -0.1) is 0 Å². The quantitative estimate of drug-likeness (QED) is 0.759. The van der Waals surface area contributed by atoms with E-state index in [2.05, 4.69) is 15.2 Å². The van der Waals surface area contributed by atoms with E-state index in [-0.39, 0.29) is 12.1 Å². The molecule has 1 N–H and O–H groups in total. The van der Waals surface area contributed by atoms with Crippen LogP contribution in [0, 0.1) is 0 Å². The van der Waals surface area contributed by atoms with E-state index >= 15 is 0 Å². The van der Waals surface area contributed by atoms with Crippen molar-refractivity contribution in [3.63, 3.8) is 0 Å². The number of piperidine rings is 2. The van der Waals surface area contributed by atoms with E-state index in [1.54, 1.807) is 12.4 Å². The summed E-state index contributed by atoms with van der Waals surface area (Å²) in [5.41, 5.74) is 0.798. The fourth-order valence-electron chi connectivity index (χ4n) is 4.41. The Kier molecular flexibility index (Phi) is 7.25. The van der Waals surface area contributed by atoms with Crippen molar-refractivity contribution in [2.24, 2.45) is 0 Å². The number of carbonyl (C=O) groups excluding carboxylic acids is 1. The number of nitrogens with one attached hydrogen (secondary N) is 1. The van der Waals surface area contributed by atoms with Gasteiger partial charge in [0.15, 0.2) is 0 Å². The van der Waals surface area contributed by atoms with Crippen LogP contribution < -0.4 is 14.8 Å². The zero-order chi connectivity index (χ0) is 21.5. The third-order valence-electron chi connectivity index (χ3n) is 6.11. The molecular formula is C24H32N4O3. The number of nitrogens with zero attached hydrogens (tertiary/aromatic N) is 3. The maximum atomic E-state index is 12.6. The van der Waals surface area contributed by atoms with E-state index in [1.165, 1.54) is 0 Å². The molecule has 4 rings (SSSR count). The first-order chi connectivity index (χ1) is 15.2. The number of hydrogen-bond acceptors (Lipinski definition) is 5. The summed E-state index contributed by atoms with van der Waals surface area (Å²) >= 11 is 0. The summed E-state index contributed by atoms with van der Waals surface area (Å²) in [5, 5.41) is 3.00. The second-order valence-corrected chi connectivity index (χ2v) is 8.14. The summed E-state index contributed by atoms with van der Waals surface area (Å²) in [6.07, 6.45) is 7.94. The number of benzene rings is 1. The molecule has 0 unspecified atom stereocenters. The van der Waals surface area contributed by atoms with Crippen molar-refractivity contribution in [3.05, 3.63) is 48.8 Å². The number of pyridine rings is 1. The summed E-state index contributed by atoms with van der Waals surface area (Å²) in [5.74, 6) is 1.72. The summed E-state index contributed by atoms with van der Waals surface area (Å²) in [4.78, 5) is 21.2. The van der Waals surface area contributed by atoms with Crippen molar-refractivity contribution in [2.45, 2.75) is 44.8 Å². The molecule has 0 bridgehead atoms. The van der Waals surface area contributed by atoms with Crippen molar-refractivity contribution >= 4 is 11.7 Å². The molecule has 2 fully saturated rings. The van der Waals surface area contributed by atoms with Crippen molar-refractivity contribution in [1.82, 2.24) is 14.8 Å². The Morgan fingerprint density at radius 2 is 1.65 bits per heavy atom. The van der Waals surface area contributed by atoms with Crippen LogP contribution in [0.5, 0.6) is 11.5 Å². The van der Waals surface area contributed by atoms with Crippen LogP contribution in [0.25, 0.3) is 0 Å². The highest BCUT2D eigenvalue weighted by molar-refractivity contribution is 5.89. The summed E-state index contributed by atoms with van der Waals surface area (Å²) < 4.78 is 11.5. The highest BCUT2D eigenvalue weighted by Crippen LogP contribution is 2.24. The van der Waals surface area contributed by atoms with Gasteiger partial charge in [0.1, 0.15) is 17.6 Å². The van der Waals surface area contributed by atoms with Crippen LogP contribution >= 0.6 is 0 Å². The maximum Gasteiger partial charge on any atom is 0.321 e. The molecule has 0 spiro atoms. The standard InChI is InChI=1S/C24H32N4O3/c1-2-30-21-5-3-19(4-6-21)26-24(29)28-15-9-20(10-16-28)27-17-11-23(12-18-27)31-22-7-13-25-14-8-22/h3-8,13-14,20,23H,2,9-12,15-18H2,1H3,(H,26,29). The van der Waals surface area contributed by atoms with Crippen molar-refractivity contribution in [1.29, 1.82) is 0 Å². The highest BCUT2D eigenvalue weighted by atomic mass is 16.5. The SMILES string of the molecule is CCOc1ccc(NC(=O)N2CCC(N3CCC(Oc4ccncc4)CC3)CC2)cc1. The molecule has 166 valence electrons. The Morgan fingerprint density at radius 3 is 2.29 bits per heavy atom. The van der Waals surface area contributed by atoms with Gasteiger partial charge in [-0.05, 0) is 69.0 Å². The Labute approximate surface area is 184 Å². The molecule has 0 aliphatic carbocycles. The zero-order valence-electron chi connectivity index (χ0n) is 18.2. The highest BCUT2D eigenvalue weighted by Gasteiger charge is 2.30. The monoisotopic (exact) mass is 424 g/mol. The molecule has 2 aliphatic rings. The lowest BCUT2D eigenvalue weighted by Crippen LogP contribution is -2.50. The Balaban J connectivity index is 1.19. The molecule has 31 heavy (non-hydrogen) atoms. The van der Waals surface area contributed by atoms with Crippen molar-refractivity contribution in [2.75, 3.05) is 38.1 Å². The number of hydrogen-bond donors (Lipinski definition) is 1. The third kappa shape index (κ3) is 5.88. The Hall–Kier alpha value is -2.80. The van der Waals surface area contributed by atoms with E-state index < -0.39 is 0 Å². The van der Waals surface area contributed by atoms with Gasteiger partial charge in [-0.3, -0.25) is 9.88 Å². The summed E-state index contributed by atoms with van der Waals surface area (Å²) in [6, 6.07) is 11.9. The Morgan fingerprint density at radius 1 is 0.968 bits per heavy atom. The minimum absolute atomic E-state index is 0.0212. The average molecular weight is 425 g/mol. The van der Waals surface area contributed by atoms with Crippen LogP contribution in [-0.4, -0.2) is 65.7 Å². The van der Waals surface area contributed by atoms with Gasteiger partial charge in [0.2, 0.25) is 0 Å². The largest absolute Gasteiger partial charge is 0.494 e. The van der Waals surface area contributed by atoms with Gasteiger partial charge >= 0.3 is 6.03 Å².